The van der Waals surface area contributed by atoms with Gasteiger partial charge in [-0.25, -0.2) is 0 Å². The van der Waals surface area contributed by atoms with Gasteiger partial charge in [0.1, 0.15) is 0 Å². The Hall–Kier alpha value is -1.31. The van der Waals surface area contributed by atoms with Gasteiger partial charge in [0.25, 0.3) is 0 Å². The van der Waals surface area contributed by atoms with E-state index in [-0.39, 0.29) is 0 Å². The van der Waals surface area contributed by atoms with Gasteiger partial charge in [-0.2, -0.15) is 0 Å². The minimum Gasteiger partial charge on any atom is -0.343 e. The fourth-order valence-corrected chi connectivity index (χ4v) is 3.08. The molecule has 0 radical (unpaired) electrons. The average Bonchev–Trinajstić information content (AvgIpc) is 2.45. The standard InChI is InChI=1S/C19H29NO/c1-17(12-13-18-10-6-5-7-11-18)16-19(21)20-14-8-3-2-4-9-15-20/h5-7,10-11,17H,2-4,8-9,12-16H2,1H3. The van der Waals surface area contributed by atoms with Gasteiger partial charge in [0, 0.05) is 19.5 Å². The molecule has 21 heavy (non-hydrogen) atoms. The van der Waals surface area contributed by atoms with Crippen molar-refractivity contribution in [1.29, 1.82) is 0 Å². The molecule has 0 aliphatic carbocycles. The number of hydrogen-bond acceptors (Lipinski definition) is 1. The van der Waals surface area contributed by atoms with Gasteiger partial charge >= 0.3 is 0 Å². The number of likely N-dealkylation sites (tertiary alicyclic amines) is 1. The summed E-state index contributed by atoms with van der Waals surface area (Å²) >= 11 is 0. The topological polar surface area (TPSA) is 20.3 Å². The van der Waals surface area contributed by atoms with Crippen molar-refractivity contribution in [3.05, 3.63) is 35.9 Å². The Labute approximate surface area is 129 Å². The van der Waals surface area contributed by atoms with Crippen LogP contribution in [0.25, 0.3) is 0 Å². The van der Waals surface area contributed by atoms with Gasteiger partial charge in [0.2, 0.25) is 5.91 Å². The molecule has 0 N–H and O–H groups in total. The summed E-state index contributed by atoms with van der Waals surface area (Å²) < 4.78 is 0. The number of rotatable bonds is 5. The van der Waals surface area contributed by atoms with Crippen LogP contribution in [0.2, 0.25) is 0 Å². The van der Waals surface area contributed by atoms with E-state index < -0.39 is 0 Å². The number of benzene rings is 1. The van der Waals surface area contributed by atoms with Crippen molar-refractivity contribution in [2.24, 2.45) is 5.92 Å². The van der Waals surface area contributed by atoms with Crippen LogP contribution in [0.4, 0.5) is 0 Å². The number of aryl methyl sites for hydroxylation is 1. The number of amides is 1. The molecule has 1 aromatic rings. The molecule has 2 rings (SSSR count). The van der Waals surface area contributed by atoms with Crippen molar-refractivity contribution in [3.8, 4) is 0 Å². The molecule has 1 aliphatic heterocycles. The lowest BCUT2D eigenvalue weighted by molar-refractivity contribution is -0.132. The third-order valence-corrected chi connectivity index (χ3v) is 4.50. The second kappa shape index (κ2) is 8.86. The Bertz CT molecular complexity index is 407. The van der Waals surface area contributed by atoms with Gasteiger partial charge in [0.05, 0.1) is 0 Å². The molecule has 116 valence electrons. The smallest absolute Gasteiger partial charge is 0.222 e. The van der Waals surface area contributed by atoms with Gasteiger partial charge in [0.15, 0.2) is 0 Å². The van der Waals surface area contributed by atoms with Crippen LogP contribution in [-0.4, -0.2) is 23.9 Å². The van der Waals surface area contributed by atoms with E-state index in [1.807, 2.05) is 0 Å². The summed E-state index contributed by atoms with van der Waals surface area (Å²) in [4.78, 5) is 14.5. The molecular formula is C19H29NO. The average molecular weight is 287 g/mol. The van der Waals surface area contributed by atoms with E-state index in [0.29, 0.717) is 18.2 Å². The van der Waals surface area contributed by atoms with Crippen molar-refractivity contribution < 1.29 is 4.79 Å². The fourth-order valence-electron chi connectivity index (χ4n) is 3.08. The Kier molecular flexibility index (Phi) is 6.78. The Morgan fingerprint density at radius 1 is 1.05 bits per heavy atom. The number of carbonyl (C=O) groups excluding carboxylic acids is 1. The highest BCUT2D eigenvalue weighted by Crippen LogP contribution is 2.16. The zero-order chi connectivity index (χ0) is 14.9. The number of carbonyl (C=O) groups is 1. The lowest BCUT2D eigenvalue weighted by Gasteiger charge is -2.26. The summed E-state index contributed by atoms with van der Waals surface area (Å²) in [5.41, 5.74) is 1.38. The van der Waals surface area contributed by atoms with Gasteiger partial charge in [-0.3, -0.25) is 4.79 Å². The fraction of sp³-hybridized carbons (Fsp3) is 0.632. The number of nitrogens with zero attached hydrogens (tertiary/aromatic N) is 1. The molecule has 0 spiro atoms. The van der Waals surface area contributed by atoms with E-state index in [4.69, 9.17) is 0 Å². The van der Waals surface area contributed by atoms with E-state index in [1.165, 1.54) is 37.7 Å². The molecule has 1 heterocycles. The highest BCUT2D eigenvalue weighted by atomic mass is 16.2. The molecule has 1 atom stereocenters. The highest BCUT2D eigenvalue weighted by Gasteiger charge is 2.17. The first-order chi connectivity index (χ1) is 10.3. The van der Waals surface area contributed by atoms with E-state index in [1.54, 1.807) is 0 Å². The Balaban J connectivity index is 1.73. The summed E-state index contributed by atoms with van der Waals surface area (Å²) in [6.07, 6.45) is 9.18. The monoisotopic (exact) mass is 287 g/mol. The third kappa shape index (κ3) is 5.91. The first-order valence-corrected chi connectivity index (χ1v) is 8.57. The van der Waals surface area contributed by atoms with Gasteiger partial charge in [-0.1, -0.05) is 56.5 Å². The van der Waals surface area contributed by atoms with Crippen molar-refractivity contribution >= 4 is 5.91 Å². The molecule has 0 saturated carbocycles. The third-order valence-electron chi connectivity index (χ3n) is 4.50. The normalized spacial score (nSPS) is 17.9. The van der Waals surface area contributed by atoms with Crippen molar-refractivity contribution in [3.63, 3.8) is 0 Å². The molecule has 1 aliphatic rings. The summed E-state index contributed by atoms with van der Waals surface area (Å²) in [5, 5.41) is 0. The van der Waals surface area contributed by atoms with Crippen LogP contribution in [0.1, 0.15) is 57.4 Å². The number of hydrogen-bond donors (Lipinski definition) is 0. The summed E-state index contributed by atoms with van der Waals surface area (Å²) in [7, 11) is 0. The van der Waals surface area contributed by atoms with E-state index in [9.17, 15) is 4.79 Å². The van der Waals surface area contributed by atoms with Crippen LogP contribution in [0.3, 0.4) is 0 Å². The molecule has 0 bridgehead atoms. The molecule has 2 nitrogen and oxygen atoms in total. The molecule has 1 unspecified atom stereocenters. The maximum Gasteiger partial charge on any atom is 0.222 e. The van der Waals surface area contributed by atoms with E-state index in [0.717, 1.165) is 25.9 Å². The maximum absolute atomic E-state index is 12.4. The Morgan fingerprint density at radius 2 is 1.67 bits per heavy atom. The highest BCUT2D eigenvalue weighted by molar-refractivity contribution is 5.76. The molecule has 1 fully saturated rings. The SMILES string of the molecule is CC(CCc1ccccc1)CC(=O)N1CCCCCCC1. The zero-order valence-electron chi connectivity index (χ0n) is 13.4. The van der Waals surface area contributed by atoms with Crippen molar-refractivity contribution in [2.75, 3.05) is 13.1 Å². The lowest BCUT2D eigenvalue weighted by atomic mass is 9.97. The molecule has 0 aromatic heterocycles. The first kappa shape index (κ1) is 16.1. The second-order valence-corrected chi connectivity index (χ2v) is 6.48. The lowest BCUT2D eigenvalue weighted by Crippen LogP contribution is -2.34. The molecule has 1 aromatic carbocycles. The van der Waals surface area contributed by atoms with E-state index >= 15 is 0 Å². The van der Waals surface area contributed by atoms with Crippen LogP contribution in [0, 0.1) is 5.92 Å². The minimum atomic E-state index is 0.373. The second-order valence-electron chi connectivity index (χ2n) is 6.48. The zero-order valence-corrected chi connectivity index (χ0v) is 13.4. The van der Waals surface area contributed by atoms with Gasteiger partial charge in [-0.05, 0) is 37.2 Å². The largest absolute Gasteiger partial charge is 0.343 e. The molecular weight excluding hydrogens is 258 g/mol. The minimum absolute atomic E-state index is 0.373. The molecule has 1 saturated heterocycles. The van der Waals surface area contributed by atoms with Crippen LogP contribution in [0.5, 0.6) is 0 Å². The van der Waals surface area contributed by atoms with Gasteiger partial charge in [-0.15, -0.1) is 0 Å². The summed E-state index contributed by atoms with van der Waals surface area (Å²) in [6.45, 7) is 4.17. The predicted molar refractivity (Wildman–Crippen MR) is 88.2 cm³/mol. The van der Waals surface area contributed by atoms with Crippen molar-refractivity contribution in [2.45, 2.75) is 58.3 Å². The van der Waals surface area contributed by atoms with Crippen LogP contribution < -0.4 is 0 Å². The van der Waals surface area contributed by atoms with Crippen LogP contribution in [0.15, 0.2) is 30.3 Å². The summed E-state index contributed by atoms with van der Waals surface area (Å²) in [5.74, 6) is 0.848. The van der Waals surface area contributed by atoms with Crippen LogP contribution in [-0.2, 0) is 11.2 Å². The molecule has 1 amide bonds. The van der Waals surface area contributed by atoms with E-state index in [2.05, 4.69) is 42.2 Å². The van der Waals surface area contributed by atoms with Crippen LogP contribution >= 0.6 is 0 Å². The molecule has 2 heteroatoms. The maximum atomic E-state index is 12.4. The van der Waals surface area contributed by atoms with Crippen molar-refractivity contribution in [1.82, 2.24) is 4.90 Å². The predicted octanol–water partition coefficient (Wildman–Crippen LogP) is 4.44. The first-order valence-electron chi connectivity index (χ1n) is 8.57. The Morgan fingerprint density at radius 3 is 2.33 bits per heavy atom. The summed E-state index contributed by atoms with van der Waals surface area (Å²) in [6, 6.07) is 10.6. The van der Waals surface area contributed by atoms with Gasteiger partial charge < -0.3 is 4.90 Å². The quantitative estimate of drug-likeness (QED) is 0.784.